The quantitative estimate of drug-likeness (QED) is 0.499. The molecule has 0 spiro atoms. The molecule has 6 heteroatoms. The van der Waals surface area contributed by atoms with Gasteiger partial charge in [0.15, 0.2) is 5.13 Å². The lowest BCUT2D eigenvalue weighted by Crippen LogP contribution is -2.12. The summed E-state index contributed by atoms with van der Waals surface area (Å²) in [5.74, 6) is -0.240. The maximum absolute atomic E-state index is 12.7. The number of nitrogens with one attached hydrogen (secondary N) is 1. The first-order chi connectivity index (χ1) is 12.1. The fourth-order valence-electron chi connectivity index (χ4n) is 2.74. The summed E-state index contributed by atoms with van der Waals surface area (Å²) in [6.07, 6.45) is 0.969. The largest absolute Gasteiger partial charge is 0.298 e. The molecular formula is C19H14ClN3OS. The molecule has 0 atom stereocenters. The zero-order valence-corrected chi connectivity index (χ0v) is 15.0. The van der Waals surface area contributed by atoms with E-state index in [1.165, 1.54) is 16.9 Å². The molecule has 2 aromatic carbocycles. The molecule has 0 bridgehead atoms. The van der Waals surface area contributed by atoms with Gasteiger partial charge in [-0.25, -0.2) is 9.97 Å². The van der Waals surface area contributed by atoms with E-state index in [2.05, 4.69) is 34.3 Å². The van der Waals surface area contributed by atoms with E-state index in [-0.39, 0.29) is 5.91 Å². The third-order valence-corrected chi connectivity index (χ3v) is 5.14. The number of carbonyl (C=O) groups excluding carboxylic acids is 1. The van der Waals surface area contributed by atoms with Crippen molar-refractivity contribution in [3.8, 4) is 0 Å². The predicted octanol–water partition coefficient (Wildman–Crippen LogP) is 5.31. The number of para-hydroxylation sites is 1. The number of rotatable bonds is 3. The molecule has 0 aliphatic carbocycles. The van der Waals surface area contributed by atoms with Gasteiger partial charge in [0.1, 0.15) is 5.15 Å². The fraction of sp³-hybridized carbons (Fsp3) is 0.105. The van der Waals surface area contributed by atoms with Crippen molar-refractivity contribution in [2.75, 3.05) is 5.32 Å². The van der Waals surface area contributed by atoms with Crippen LogP contribution in [0.1, 0.15) is 22.8 Å². The first kappa shape index (κ1) is 16.0. The molecule has 0 fully saturated rings. The fourth-order valence-corrected chi connectivity index (χ4v) is 3.86. The minimum absolute atomic E-state index is 0.240. The number of aromatic nitrogens is 2. The van der Waals surface area contributed by atoms with Crippen LogP contribution in [0.2, 0.25) is 5.15 Å². The average molecular weight is 368 g/mol. The Kier molecular flexibility index (Phi) is 4.11. The molecule has 2 aromatic heterocycles. The van der Waals surface area contributed by atoms with Gasteiger partial charge in [-0.15, -0.1) is 0 Å². The van der Waals surface area contributed by atoms with Crippen molar-refractivity contribution in [2.45, 2.75) is 13.3 Å². The van der Waals surface area contributed by atoms with Crippen LogP contribution in [0.5, 0.6) is 0 Å². The summed E-state index contributed by atoms with van der Waals surface area (Å²) >= 11 is 7.53. The van der Waals surface area contributed by atoms with E-state index in [0.717, 1.165) is 22.0 Å². The Morgan fingerprint density at radius 1 is 1.12 bits per heavy atom. The van der Waals surface area contributed by atoms with Gasteiger partial charge in [0.25, 0.3) is 5.91 Å². The third kappa shape index (κ3) is 3.08. The number of amides is 1. The van der Waals surface area contributed by atoms with Crippen LogP contribution in [-0.4, -0.2) is 15.9 Å². The normalized spacial score (nSPS) is 11.1. The van der Waals surface area contributed by atoms with Crippen molar-refractivity contribution < 1.29 is 4.79 Å². The highest BCUT2D eigenvalue weighted by Gasteiger charge is 2.14. The number of nitrogens with zero attached hydrogens (tertiary/aromatic N) is 2. The molecule has 1 N–H and O–H groups in total. The van der Waals surface area contributed by atoms with E-state index in [1.807, 2.05) is 30.3 Å². The number of pyridine rings is 1. The summed E-state index contributed by atoms with van der Waals surface area (Å²) in [5, 5.41) is 4.52. The lowest BCUT2D eigenvalue weighted by molar-refractivity contribution is 0.102. The number of hydrogen-bond acceptors (Lipinski definition) is 4. The molecule has 25 heavy (non-hydrogen) atoms. The number of halogens is 1. The summed E-state index contributed by atoms with van der Waals surface area (Å²) in [7, 11) is 0. The van der Waals surface area contributed by atoms with Gasteiger partial charge in [-0.1, -0.05) is 54.1 Å². The maximum Gasteiger partial charge on any atom is 0.258 e. The van der Waals surface area contributed by atoms with Crippen LogP contribution < -0.4 is 5.32 Å². The Morgan fingerprint density at radius 3 is 2.80 bits per heavy atom. The van der Waals surface area contributed by atoms with Gasteiger partial charge in [0, 0.05) is 5.39 Å². The predicted molar refractivity (Wildman–Crippen MR) is 104 cm³/mol. The second kappa shape index (κ2) is 6.43. The summed E-state index contributed by atoms with van der Waals surface area (Å²) in [5.41, 5.74) is 3.32. The van der Waals surface area contributed by atoms with E-state index in [4.69, 9.17) is 11.6 Å². The molecule has 0 unspecified atom stereocenters. The highest BCUT2D eigenvalue weighted by molar-refractivity contribution is 7.22. The molecule has 0 aliphatic heterocycles. The van der Waals surface area contributed by atoms with E-state index in [9.17, 15) is 4.79 Å². The van der Waals surface area contributed by atoms with Crippen molar-refractivity contribution in [1.29, 1.82) is 0 Å². The van der Waals surface area contributed by atoms with Crippen molar-refractivity contribution in [3.63, 3.8) is 0 Å². The van der Waals surface area contributed by atoms with Gasteiger partial charge in [0.05, 0.1) is 21.3 Å². The van der Waals surface area contributed by atoms with Crippen LogP contribution >= 0.6 is 22.9 Å². The van der Waals surface area contributed by atoms with Crippen LogP contribution in [0.3, 0.4) is 0 Å². The number of hydrogen-bond donors (Lipinski definition) is 1. The maximum atomic E-state index is 12.7. The molecular weight excluding hydrogens is 354 g/mol. The summed E-state index contributed by atoms with van der Waals surface area (Å²) in [6, 6.07) is 15.2. The minimum Gasteiger partial charge on any atom is -0.298 e. The molecule has 4 nitrogen and oxygen atoms in total. The van der Waals surface area contributed by atoms with Gasteiger partial charge >= 0.3 is 0 Å². The van der Waals surface area contributed by atoms with Crippen LogP contribution in [0, 0.1) is 0 Å². The molecule has 2 heterocycles. The van der Waals surface area contributed by atoms with Crippen molar-refractivity contribution >= 4 is 55.1 Å². The number of aryl methyl sites for hydroxylation is 1. The lowest BCUT2D eigenvalue weighted by atomic mass is 10.1. The Balaban J connectivity index is 1.70. The Bertz CT molecular complexity index is 1110. The van der Waals surface area contributed by atoms with Crippen LogP contribution in [0.15, 0.2) is 48.5 Å². The lowest BCUT2D eigenvalue weighted by Gasteiger charge is -2.06. The van der Waals surface area contributed by atoms with Crippen molar-refractivity contribution in [2.24, 2.45) is 0 Å². The first-order valence-corrected chi connectivity index (χ1v) is 9.09. The monoisotopic (exact) mass is 367 g/mol. The Morgan fingerprint density at radius 2 is 1.96 bits per heavy atom. The number of fused-ring (bicyclic) bond motifs is 2. The molecule has 124 valence electrons. The van der Waals surface area contributed by atoms with E-state index < -0.39 is 0 Å². The standard InChI is InChI=1S/C19H14ClN3OS/c1-2-11-7-8-15-16(9-11)25-19(22-15)23-18(24)13-10-17(20)21-14-6-4-3-5-12(13)14/h3-10H,2H2,1H3,(H,22,23,24). The molecule has 0 aliphatic rings. The van der Waals surface area contributed by atoms with E-state index in [0.29, 0.717) is 21.4 Å². The summed E-state index contributed by atoms with van der Waals surface area (Å²) < 4.78 is 1.06. The summed E-state index contributed by atoms with van der Waals surface area (Å²) in [6.45, 7) is 2.11. The molecule has 0 radical (unpaired) electrons. The smallest absolute Gasteiger partial charge is 0.258 e. The van der Waals surface area contributed by atoms with Gasteiger partial charge in [-0.05, 0) is 36.2 Å². The topological polar surface area (TPSA) is 54.9 Å². The molecule has 4 rings (SSSR count). The number of carbonyl (C=O) groups is 1. The Labute approximate surface area is 153 Å². The number of anilines is 1. The van der Waals surface area contributed by atoms with Crippen LogP contribution in [0.25, 0.3) is 21.1 Å². The van der Waals surface area contributed by atoms with E-state index >= 15 is 0 Å². The SMILES string of the molecule is CCc1ccc2nc(NC(=O)c3cc(Cl)nc4ccccc34)sc2c1. The van der Waals surface area contributed by atoms with Gasteiger partial charge in [-0.2, -0.15) is 0 Å². The van der Waals surface area contributed by atoms with Crippen LogP contribution in [0.4, 0.5) is 5.13 Å². The highest BCUT2D eigenvalue weighted by atomic mass is 35.5. The van der Waals surface area contributed by atoms with Gasteiger partial charge < -0.3 is 0 Å². The number of benzene rings is 2. The minimum atomic E-state index is -0.240. The van der Waals surface area contributed by atoms with Gasteiger partial charge in [-0.3, -0.25) is 10.1 Å². The van der Waals surface area contributed by atoms with Crippen LogP contribution in [-0.2, 0) is 6.42 Å². The Hall–Kier alpha value is -2.50. The zero-order valence-electron chi connectivity index (χ0n) is 13.4. The van der Waals surface area contributed by atoms with Gasteiger partial charge in [0.2, 0.25) is 0 Å². The zero-order chi connectivity index (χ0) is 17.4. The second-order valence-electron chi connectivity index (χ2n) is 5.64. The number of thiazole rings is 1. The summed E-state index contributed by atoms with van der Waals surface area (Å²) in [4.78, 5) is 21.5. The third-order valence-electron chi connectivity index (χ3n) is 4.01. The van der Waals surface area contributed by atoms with Crippen molar-refractivity contribution in [1.82, 2.24) is 9.97 Å². The first-order valence-electron chi connectivity index (χ1n) is 7.90. The van der Waals surface area contributed by atoms with Crippen molar-refractivity contribution in [3.05, 3.63) is 64.8 Å². The molecule has 0 saturated heterocycles. The molecule has 4 aromatic rings. The van der Waals surface area contributed by atoms with E-state index in [1.54, 1.807) is 6.07 Å². The highest BCUT2D eigenvalue weighted by Crippen LogP contribution is 2.28. The molecule has 0 saturated carbocycles. The average Bonchev–Trinajstić information content (AvgIpc) is 3.01. The second-order valence-corrected chi connectivity index (χ2v) is 7.06. The molecule has 1 amide bonds.